The van der Waals surface area contributed by atoms with Crippen molar-refractivity contribution in [3.63, 3.8) is 0 Å². The van der Waals surface area contributed by atoms with Crippen molar-refractivity contribution in [2.45, 2.75) is 31.1 Å². The molecular formula is C15H20N2O2. The third-order valence-electron chi connectivity index (χ3n) is 3.91. The summed E-state index contributed by atoms with van der Waals surface area (Å²) in [5.74, 6) is -0.200. The summed E-state index contributed by atoms with van der Waals surface area (Å²) < 4.78 is 0. The molecule has 2 N–H and O–H groups in total. The summed E-state index contributed by atoms with van der Waals surface area (Å²) in [7, 11) is 1.57. The molecule has 102 valence electrons. The summed E-state index contributed by atoms with van der Waals surface area (Å²) in [5, 5.41) is 5.27. The van der Waals surface area contributed by atoms with Crippen LogP contribution in [0.1, 0.15) is 31.2 Å². The highest BCUT2D eigenvalue weighted by Crippen LogP contribution is 2.41. The van der Waals surface area contributed by atoms with Gasteiger partial charge in [0.15, 0.2) is 0 Å². The first-order valence-electron chi connectivity index (χ1n) is 6.73. The zero-order valence-corrected chi connectivity index (χ0v) is 11.2. The zero-order chi connectivity index (χ0) is 13.7. The maximum absolute atomic E-state index is 12.5. The number of likely N-dealkylation sites (N-methyl/N-ethyl adjacent to an activating group) is 1. The fraction of sp³-hybridized carbons (Fsp3) is 0.467. The van der Waals surface area contributed by atoms with Crippen LogP contribution < -0.4 is 10.6 Å². The van der Waals surface area contributed by atoms with Gasteiger partial charge in [0.25, 0.3) is 0 Å². The lowest BCUT2D eigenvalue weighted by molar-refractivity contribution is -0.129. The topological polar surface area (TPSA) is 58.2 Å². The highest BCUT2D eigenvalue weighted by molar-refractivity contribution is 5.91. The minimum Gasteiger partial charge on any atom is -0.358 e. The average molecular weight is 260 g/mol. The largest absolute Gasteiger partial charge is 0.358 e. The Balaban J connectivity index is 2.16. The van der Waals surface area contributed by atoms with Gasteiger partial charge in [-0.2, -0.15) is 0 Å². The second-order valence-electron chi connectivity index (χ2n) is 5.01. The molecule has 0 atom stereocenters. The molecule has 0 saturated heterocycles. The molecule has 1 fully saturated rings. The third kappa shape index (κ3) is 2.78. The molecule has 0 aromatic heterocycles. The van der Waals surface area contributed by atoms with Gasteiger partial charge in [-0.3, -0.25) is 9.59 Å². The summed E-state index contributed by atoms with van der Waals surface area (Å²) in [6.45, 7) is 0.0456. The smallest absolute Gasteiger partial charge is 0.239 e. The monoisotopic (exact) mass is 260 g/mol. The molecule has 0 heterocycles. The Morgan fingerprint density at radius 2 is 1.79 bits per heavy atom. The van der Waals surface area contributed by atoms with Crippen LogP contribution in [0.15, 0.2) is 30.3 Å². The van der Waals surface area contributed by atoms with E-state index in [2.05, 4.69) is 10.6 Å². The highest BCUT2D eigenvalue weighted by Gasteiger charge is 2.42. The van der Waals surface area contributed by atoms with Gasteiger partial charge >= 0.3 is 0 Å². The Bertz CT molecular complexity index is 450. The molecule has 1 aliphatic carbocycles. The Hall–Kier alpha value is -1.84. The first kappa shape index (κ1) is 13.6. The Morgan fingerprint density at radius 1 is 1.16 bits per heavy atom. The van der Waals surface area contributed by atoms with Crippen LogP contribution in [0, 0.1) is 0 Å². The van der Waals surface area contributed by atoms with Crippen molar-refractivity contribution in [1.82, 2.24) is 10.6 Å². The molecule has 0 spiro atoms. The van der Waals surface area contributed by atoms with Crippen LogP contribution >= 0.6 is 0 Å². The lowest BCUT2D eigenvalue weighted by Gasteiger charge is -2.28. The zero-order valence-electron chi connectivity index (χ0n) is 11.2. The summed E-state index contributed by atoms with van der Waals surface area (Å²) >= 11 is 0. The number of carbonyl (C=O) groups excluding carboxylic acids is 2. The lowest BCUT2D eigenvalue weighted by Crippen LogP contribution is -2.45. The van der Waals surface area contributed by atoms with Gasteiger partial charge in [-0.1, -0.05) is 43.2 Å². The fourth-order valence-corrected chi connectivity index (χ4v) is 2.80. The SMILES string of the molecule is CNC(=O)CNC(=O)C1(c2ccccc2)CCCC1. The van der Waals surface area contributed by atoms with Crippen molar-refractivity contribution < 1.29 is 9.59 Å². The molecule has 1 aromatic carbocycles. The molecule has 0 unspecified atom stereocenters. The highest BCUT2D eigenvalue weighted by atomic mass is 16.2. The predicted molar refractivity (Wildman–Crippen MR) is 73.7 cm³/mol. The summed E-state index contributed by atoms with van der Waals surface area (Å²) in [5.41, 5.74) is 0.608. The van der Waals surface area contributed by atoms with Gasteiger partial charge in [-0.25, -0.2) is 0 Å². The van der Waals surface area contributed by atoms with Gasteiger partial charge < -0.3 is 10.6 Å². The van der Waals surface area contributed by atoms with Gasteiger partial charge in [0.05, 0.1) is 12.0 Å². The van der Waals surface area contributed by atoms with E-state index in [1.807, 2.05) is 30.3 Å². The number of rotatable bonds is 4. The van der Waals surface area contributed by atoms with Gasteiger partial charge in [0.1, 0.15) is 0 Å². The number of benzene rings is 1. The Labute approximate surface area is 113 Å². The standard InChI is InChI=1S/C15H20N2O2/c1-16-13(18)11-17-14(19)15(9-5-6-10-15)12-7-3-2-4-8-12/h2-4,7-8H,5-6,9-11H2,1H3,(H,16,18)(H,17,19). The Kier molecular flexibility index (Phi) is 4.20. The normalized spacial score (nSPS) is 16.9. The molecule has 2 amide bonds. The lowest BCUT2D eigenvalue weighted by atomic mass is 9.78. The van der Waals surface area contributed by atoms with Crippen LogP contribution in [0.3, 0.4) is 0 Å². The first-order chi connectivity index (χ1) is 9.19. The first-order valence-corrected chi connectivity index (χ1v) is 6.73. The molecule has 1 aliphatic rings. The molecule has 2 rings (SSSR count). The quantitative estimate of drug-likeness (QED) is 0.859. The van der Waals surface area contributed by atoms with Crippen molar-refractivity contribution in [3.8, 4) is 0 Å². The summed E-state index contributed by atoms with van der Waals surface area (Å²) in [6.07, 6.45) is 3.83. The minimum absolute atomic E-state index is 0.0280. The summed E-state index contributed by atoms with van der Waals surface area (Å²) in [6, 6.07) is 9.88. The number of nitrogens with one attached hydrogen (secondary N) is 2. The molecule has 0 bridgehead atoms. The number of hydrogen-bond donors (Lipinski definition) is 2. The van der Waals surface area contributed by atoms with Crippen LogP contribution in [0.25, 0.3) is 0 Å². The minimum atomic E-state index is -0.449. The second kappa shape index (κ2) is 5.87. The third-order valence-corrected chi connectivity index (χ3v) is 3.91. The van der Waals surface area contributed by atoms with E-state index >= 15 is 0 Å². The number of carbonyl (C=O) groups is 2. The van der Waals surface area contributed by atoms with E-state index < -0.39 is 5.41 Å². The predicted octanol–water partition coefficient (Wildman–Crippen LogP) is 1.36. The van der Waals surface area contributed by atoms with E-state index in [9.17, 15) is 9.59 Å². The average Bonchev–Trinajstić information content (AvgIpc) is 2.96. The number of amides is 2. The summed E-state index contributed by atoms with van der Waals surface area (Å²) in [4.78, 5) is 23.7. The van der Waals surface area contributed by atoms with Gasteiger partial charge in [0, 0.05) is 7.05 Å². The van der Waals surface area contributed by atoms with Crippen molar-refractivity contribution >= 4 is 11.8 Å². The van der Waals surface area contributed by atoms with Crippen LogP contribution in [0.2, 0.25) is 0 Å². The fourth-order valence-electron chi connectivity index (χ4n) is 2.80. The molecular weight excluding hydrogens is 240 g/mol. The van der Waals surface area contributed by atoms with Crippen LogP contribution in [-0.2, 0) is 15.0 Å². The molecule has 4 heteroatoms. The molecule has 1 aromatic rings. The maximum Gasteiger partial charge on any atom is 0.239 e. The van der Waals surface area contributed by atoms with Crippen LogP contribution in [-0.4, -0.2) is 25.4 Å². The van der Waals surface area contributed by atoms with Crippen molar-refractivity contribution in [3.05, 3.63) is 35.9 Å². The van der Waals surface area contributed by atoms with E-state index in [-0.39, 0.29) is 18.4 Å². The molecule has 0 aliphatic heterocycles. The number of hydrogen-bond acceptors (Lipinski definition) is 2. The van der Waals surface area contributed by atoms with E-state index in [0.717, 1.165) is 31.2 Å². The maximum atomic E-state index is 12.5. The van der Waals surface area contributed by atoms with Crippen molar-refractivity contribution in [2.24, 2.45) is 0 Å². The molecule has 1 saturated carbocycles. The van der Waals surface area contributed by atoms with Gasteiger partial charge in [0.2, 0.25) is 11.8 Å². The van der Waals surface area contributed by atoms with E-state index in [1.54, 1.807) is 7.05 Å². The van der Waals surface area contributed by atoms with E-state index in [0.29, 0.717) is 0 Å². The molecule has 19 heavy (non-hydrogen) atoms. The van der Waals surface area contributed by atoms with E-state index in [4.69, 9.17) is 0 Å². The van der Waals surface area contributed by atoms with Crippen LogP contribution in [0.5, 0.6) is 0 Å². The molecule has 4 nitrogen and oxygen atoms in total. The molecule has 0 radical (unpaired) electrons. The van der Waals surface area contributed by atoms with Crippen molar-refractivity contribution in [2.75, 3.05) is 13.6 Å². The second-order valence-corrected chi connectivity index (χ2v) is 5.01. The van der Waals surface area contributed by atoms with Crippen LogP contribution in [0.4, 0.5) is 0 Å². The van der Waals surface area contributed by atoms with Gasteiger partial charge in [-0.15, -0.1) is 0 Å². The van der Waals surface area contributed by atoms with Gasteiger partial charge in [-0.05, 0) is 18.4 Å². The van der Waals surface area contributed by atoms with Crippen molar-refractivity contribution in [1.29, 1.82) is 0 Å². The Morgan fingerprint density at radius 3 is 2.37 bits per heavy atom. The van der Waals surface area contributed by atoms with E-state index in [1.165, 1.54) is 0 Å².